The lowest BCUT2D eigenvalue weighted by atomic mass is 9.72. The molecule has 1 fully saturated rings. The molecule has 9 heteroatoms. The van der Waals surface area contributed by atoms with E-state index in [1.807, 2.05) is 4.90 Å². The van der Waals surface area contributed by atoms with Crippen molar-refractivity contribution in [3.8, 4) is 17.6 Å². The Bertz CT molecular complexity index is 1370. The first kappa shape index (κ1) is 27.4. The Kier molecular flexibility index (Phi) is 8.52. The summed E-state index contributed by atoms with van der Waals surface area (Å²) in [5, 5.41) is 10.3. The van der Waals surface area contributed by atoms with Crippen LogP contribution in [0.2, 0.25) is 0 Å². The van der Waals surface area contributed by atoms with Crippen LogP contribution in [0.1, 0.15) is 43.2 Å². The largest absolute Gasteiger partial charge is 0.497 e. The summed E-state index contributed by atoms with van der Waals surface area (Å²) in [6.07, 6.45) is 4.07. The molecule has 1 aliphatic heterocycles. The molecular formula is C29H28F4N2O3. The number of halogens is 4. The molecule has 0 atom stereocenters. The van der Waals surface area contributed by atoms with E-state index in [4.69, 9.17) is 4.74 Å². The number of carbonyl (C=O) groups is 1. The van der Waals surface area contributed by atoms with Crippen LogP contribution < -0.4 is 4.74 Å². The third kappa shape index (κ3) is 6.43. The summed E-state index contributed by atoms with van der Waals surface area (Å²) >= 11 is 0. The lowest BCUT2D eigenvalue weighted by Gasteiger charge is -2.40. The molecule has 1 N–H and O–H groups in total. The number of likely N-dealkylation sites (tertiary alicyclic amines) is 1. The minimum absolute atomic E-state index is 0.00587. The van der Waals surface area contributed by atoms with Crippen molar-refractivity contribution in [2.75, 3.05) is 26.7 Å². The molecule has 0 aliphatic carbocycles. The van der Waals surface area contributed by atoms with E-state index in [-0.39, 0.29) is 13.0 Å². The van der Waals surface area contributed by atoms with E-state index in [0.29, 0.717) is 79.5 Å². The monoisotopic (exact) mass is 528 g/mol. The number of piperidine rings is 1. The Balaban J connectivity index is 1.40. The number of carboxylic acid groups (broad SMARTS) is 1. The van der Waals surface area contributed by atoms with Gasteiger partial charge in [0.2, 0.25) is 0 Å². The van der Waals surface area contributed by atoms with Crippen LogP contribution in [0.4, 0.5) is 17.6 Å². The summed E-state index contributed by atoms with van der Waals surface area (Å²) in [6, 6.07) is 6.48. The van der Waals surface area contributed by atoms with Crippen LogP contribution in [-0.4, -0.2) is 47.7 Å². The van der Waals surface area contributed by atoms with Gasteiger partial charge in [-0.3, -0.25) is 14.7 Å². The van der Waals surface area contributed by atoms with Crippen LogP contribution in [0, 0.1) is 40.5 Å². The second kappa shape index (κ2) is 11.8. The van der Waals surface area contributed by atoms with E-state index in [1.54, 1.807) is 25.3 Å². The highest BCUT2D eigenvalue weighted by Crippen LogP contribution is 2.40. The van der Waals surface area contributed by atoms with Crippen LogP contribution in [0.25, 0.3) is 10.9 Å². The number of nitrogens with zero attached hydrogens (tertiary/aromatic N) is 2. The number of carboxylic acids is 1. The highest BCUT2D eigenvalue weighted by molar-refractivity contribution is 5.83. The van der Waals surface area contributed by atoms with Gasteiger partial charge in [-0.15, -0.1) is 0 Å². The van der Waals surface area contributed by atoms with E-state index in [9.17, 15) is 27.5 Å². The molecule has 0 radical (unpaired) electrons. The number of pyridine rings is 1. The second-order valence-electron chi connectivity index (χ2n) is 9.71. The first-order valence-corrected chi connectivity index (χ1v) is 12.4. The van der Waals surface area contributed by atoms with Gasteiger partial charge < -0.3 is 9.84 Å². The van der Waals surface area contributed by atoms with Crippen molar-refractivity contribution in [3.63, 3.8) is 0 Å². The maximum absolute atomic E-state index is 14.7. The van der Waals surface area contributed by atoms with Gasteiger partial charge in [-0.25, -0.2) is 17.6 Å². The number of hydrogen-bond donors (Lipinski definition) is 1. The number of aromatic nitrogens is 1. The third-order valence-corrected chi connectivity index (χ3v) is 7.23. The number of benzene rings is 2. The molecule has 4 rings (SSSR count). The van der Waals surface area contributed by atoms with Gasteiger partial charge in [0.15, 0.2) is 0 Å². The lowest BCUT2D eigenvalue weighted by molar-refractivity contribution is -0.140. The van der Waals surface area contributed by atoms with Crippen LogP contribution in [0.3, 0.4) is 0 Å². The van der Waals surface area contributed by atoms with E-state index >= 15 is 0 Å². The zero-order valence-corrected chi connectivity index (χ0v) is 21.0. The van der Waals surface area contributed by atoms with Crippen molar-refractivity contribution in [2.45, 2.75) is 38.5 Å². The van der Waals surface area contributed by atoms with Gasteiger partial charge in [0.1, 0.15) is 29.0 Å². The molecule has 0 amide bonds. The molecule has 0 spiro atoms. The first-order chi connectivity index (χ1) is 18.2. The zero-order chi connectivity index (χ0) is 27.3. The molecule has 5 nitrogen and oxygen atoms in total. The van der Waals surface area contributed by atoms with Gasteiger partial charge in [-0.2, -0.15) is 0 Å². The smallest absolute Gasteiger partial charge is 0.303 e. The third-order valence-electron chi connectivity index (χ3n) is 7.23. The van der Waals surface area contributed by atoms with Gasteiger partial charge in [-0.05, 0) is 74.4 Å². The van der Waals surface area contributed by atoms with Gasteiger partial charge in [0.05, 0.1) is 37.4 Å². The van der Waals surface area contributed by atoms with Gasteiger partial charge in [0.25, 0.3) is 0 Å². The Morgan fingerprint density at radius 1 is 1.11 bits per heavy atom. The second-order valence-corrected chi connectivity index (χ2v) is 9.71. The summed E-state index contributed by atoms with van der Waals surface area (Å²) in [7, 11) is 1.54. The van der Waals surface area contributed by atoms with Crippen LogP contribution in [0.15, 0.2) is 36.5 Å². The maximum atomic E-state index is 14.7. The number of hydrogen-bond acceptors (Lipinski definition) is 4. The van der Waals surface area contributed by atoms with Crippen molar-refractivity contribution in [3.05, 3.63) is 70.9 Å². The molecule has 200 valence electrons. The Morgan fingerprint density at radius 2 is 1.82 bits per heavy atom. The summed E-state index contributed by atoms with van der Waals surface area (Å²) in [5.74, 6) is 1.39. The zero-order valence-electron chi connectivity index (χ0n) is 21.0. The number of aliphatic carboxylic acids is 1. The normalized spacial score (nSPS) is 15.2. The Labute approximate surface area is 218 Å². The summed E-state index contributed by atoms with van der Waals surface area (Å²) < 4.78 is 60.7. The van der Waals surface area contributed by atoms with Gasteiger partial charge in [-0.1, -0.05) is 11.8 Å². The number of rotatable bonds is 8. The Hall–Kier alpha value is -3.64. The lowest BCUT2D eigenvalue weighted by Crippen LogP contribution is -2.41. The first-order valence-electron chi connectivity index (χ1n) is 12.4. The number of aryl methyl sites for hydroxylation is 1. The van der Waals surface area contributed by atoms with Crippen molar-refractivity contribution < 1.29 is 32.2 Å². The number of fused-ring (bicyclic) bond motifs is 1. The molecule has 0 unspecified atom stereocenters. The average Bonchev–Trinajstić information content (AvgIpc) is 2.87. The number of ether oxygens (including phenoxy) is 1. The van der Waals surface area contributed by atoms with Gasteiger partial charge >= 0.3 is 5.97 Å². The van der Waals surface area contributed by atoms with E-state index < -0.39 is 40.2 Å². The molecular weight excluding hydrogens is 500 g/mol. The predicted molar refractivity (Wildman–Crippen MR) is 135 cm³/mol. The average molecular weight is 529 g/mol. The van der Waals surface area contributed by atoms with E-state index in [1.165, 1.54) is 6.20 Å². The SMILES string of the molecule is COc1ccc2ncc(F)c(CCCC3(CC(=O)O)CCN(CC#Cc4c(F)cc(F)cc4F)CC3)c2c1. The van der Waals surface area contributed by atoms with Crippen LogP contribution in [-0.2, 0) is 11.2 Å². The van der Waals surface area contributed by atoms with Crippen LogP contribution >= 0.6 is 0 Å². The van der Waals surface area contributed by atoms with Crippen molar-refractivity contribution in [1.29, 1.82) is 0 Å². The predicted octanol–water partition coefficient (Wildman–Crippen LogP) is 5.73. The Morgan fingerprint density at radius 3 is 2.47 bits per heavy atom. The maximum Gasteiger partial charge on any atom is 0.303 e. The molecule has 3 aromatic rings. The molecule has 1 saturated heterocycles. The molecule has 2 aromatic carbocycles. The fourth-order valence-corrected chi connectivity index (χ4v) is 5.15. The molecule has 1 aromatic heterocycles. The summed E-state index contributed by atoms with van der Waals surface area (Å²) in [5.41, 5.74) is 0.281. The molecule has 38 heavy (non-hydrogen) atoms. The molecule has 1 aliphatic rings. The standard InChI is InChI=1S/C29H28F4N2O3/c1-38-20-6-7-27-23(16-20)21(26(33)18-34-27)4-2-8-29(17-28(36)37)9-12-35(13-10-29)11-3-5-22-24(31)14-19(30)15-25(22)32/h6-7,14-16,18H,2,4,8-13,17H2,1H3,(H,36,37). The van der Waals surface area contributed by atoms with E-state index in [2.05, 4.69) is 16.8 Å². The topological polar surface area (TPSA) is 62.7 Å². The number of methoxy groups -OCH3 is 1. The highest BCUT2D eigenvalue weighted by Gasteiger charge is 2.36. The van der Waals surface area contributed by atoms with E-state index in [0.717, 1.165) is 0 Å². The van der Waals surface area contributed by atoms with Crippen molar-refractivity contribution >= 4 is 16.9 Å². The quantitative estimate of drug-likeness (QED) is 0.299. The van der Waals surface area contributed by atoms with Gasteiger partial charge in [0, 0.05) is 17.5 Å². The summed E-state index contributed by atoms with van der Waals surface area (Å²) in [4.78, 5) is 17.8. The minimum Gasteiger partial charge on any atom is -0.497 e. The molecule has 0 bridgehead atoms. The molecule has 2 heterocycles. The minimum atomic E-state index is -1.05. The highest BCUT2D eigenvalue weighted by atomic mass is 19.1. The molecule has 0 saturated carbocycles. The fourth-order valence-electron chi connectivity index (χ4n) is 5.15. The van der Waals surface area contributed by atoms with Crippen LogP contribution in [0.5, 0.6) is 5.75 Å². The fraction of sp³-hybridized carbons (Fsp3) is 0.379. The summed E-state index contributed by atoms with van der Waals surface area (Å²) in [6.45, 7) is 1.38. The van der Waals surface area contributed by atoms with Crippen molar-refractivity contribution in [2.24, 2.45) is 5.41 Å². The van der Waals surface area contributed by atoms with Crippen molar-refractivity contribution in [1.82, 2.24) is 9.88 Å².